The van der Waals surface area contributed by atoms with Gasteiger partial charge in [-0.3, -0.25) is 4.79 Å². The monoisotopic (exact) mass is 207 g/mol. The predicted molar refractivity (Wildman–Crippen MR) is 57.9 cm³/mol. The summed E-state index contributed by atoms with van der Waals surface area (Å²) in [6.45, 7) is 1.85. The zero-order valence-electron chi connectivity index (χ0n) is 7.80. The number of ketones is 1. The Kier molecular flexibility index (Phi) is 2.30. The summed E-state index contributed by atoms with van der Waals surface area (Å²) in [4.78, 5) is 14.5. The van der Waals surface area contributed by atoms with Gasteiger partial charge >= 0.3 is 0 Å². The first-order valence-electron chi connectivity index (χ1n) is 4.52. The van der Waals surface area contributed by atoms with Crippen molar-refractivity contribution in [2.45, 2.75) is 13.3 Å². The van der Waals surface area contributed by atoms with Crippen molar-refractivity contribution in [2.24, 2.45) is 0 Å². The van der Waals surface area contributed by atoms with E-state index in [0.29, 0.717) is 17.1 Å². The average molecular weight is 208 g/mol. The van der Waals surface area contributed by atoms with Gasteiger partial charge in [0.05, 0.1) is 5.69 Å². The van der Waals surface area contributed by atoms with Crippen LogP contribution >= 0.6 is 11.6 Å². The third-order valence-corrected chi connectivity index (χ3v) is 2.44. The van der Waals surface area contributed by atoms with E-state index in [0.717, 1.165) is 10.9 Å². The van der Waals surface area contributed by atoms with Crippen LogP contribution in [0.5, 0.6) is 0 Å². The number of aromatic nitrogens is 1. The number of rotatable bonds is 2. The average Bonchev–Trinajstić information content (AvgIpc) is 2.59. The van der Waals surface area contributed by atoms with Crippen molar-refractivity contribution in [3.63, 3.8) is 0 Å². The van der Waals surface area contributed by atoms with Gasteiger partial charge in [0, 0.05) is 22.3 Å². The molecule has 0 bridgehead atoms. The van der Waals surface area contributed by atoms with E-state index in [-0.39, 0.29) is 5.78 Å². The molecule has 2 rings (SSSR count). The van der Waals surface area contributed by atoms with Gasteiger partial charge in [-0.05, 0) is 24.3 Å². The maximum absolute atomic E-state index is 11.4. The van der Waals surface area contributed by atoms with Crippen molar-refractivity contribution in [1.29, 1.82) is 0 Å². The van der Waals surface area contributed by atoms with Gasteiger partial charge in [-0.25, -0.2) is 0 Å². The SMILES string of the molecule is CCC(=O)c1cc2cc(Cl)ccc2[nH]1. The van der Waals surface area contributed by atoms with Crippen LogP contribution < -0.4 is 0 Å². The minimum Gasteiger partial charge on any atom is -0.352 e. The lowest BCUT2D eigenvalue weighted by Gasteiger charge is -1.89. The summed E-state index contributed by atoms with van der Waals surface area (Å²) in [5.74, 6) is 0.123. The van der Waals surface area contributed by atoms with Gasteiger partial charge in [0.25, 0.3) is 0 Å². The molecule has 0 aliphatic carbocycles. The summed E-state index contributed by atoms with van der Waals surface area (Å²) in [6, 6.07) is 7.37. The number of H-pyrrole nitrogens is 1. The topological polar surface area (TPSA) is 32.9 Å². The maximum atomic E-state index is 11.4. The van der Waals surface area contributed by atoms with Gasteiger partial charge in [-0.15, -0.1) is 0 Å². The van der Waals surface area contributed by atoms with E-state index < -0.39 is 0 Å². The molecule has 2 nitrogen and oxygen atoms in total. The number of benzene rings is 1. The number of nitrogens with one attached hydrogen (secondary N) is 1. The van der Waals surface area contributed by atoms with E-state index >= 15 is 0 Å². The van der Waals surface area contributed by atoms with Crippen LogP contribution in [0.2, 0.25) is 5.02 Å². The third kappa shape index (κ3) is 1.53. The second-order valence-electron chi connectivity index (χ2n) is 3.19. The fourth-order valence-corrected chi connectivity index (χ4v) is 1.62. The number of hydrogen-bond acceptors (Lipinski definition) is 1. The number of carbonyl (C=O) groups excluding carboxylic acids is 1. The molecule has 0 amide bonds. The summed E-state index contributed by atoms with van der Waals surface area (Å²) in [7, 11) is 0. The number of halogens is 1. The Hall–Kier alpha value is -1.28. The summed E-state index contributed by atoms with van der Waals surface area (Å²) in [6.07, 6.45) is 0.514. The lowest BCUT2D eigenvalue weighted by molar-refractivity contribution is 0.0984. The zero-order valence-corrected chi connectivity index (χ0v) is 8.56. The molecule has 0 spiro atoms. The molecular formula is C11H10ClNO. The summed E-state index contributed by atoms with van der Waals surface area (Å²) >= 11 is 5.84. The smallest absolute Gasteiger partial charge is 0.178 e. The van der Waals surface area contributed by atoms with E-state index in [9.17, 15) is 4.79 Å². The molecule has 1 N–H and O–H groups in total. The number of fused-ring (bicyclic) bond motifs is 1. The molecule has 0 aliphatic heterocycles. The van der Waals surface area contributed by atoms with E-state index in [2.05, 4.69) is 4.98 Å². The molecule has 2 aromatic rings. The highest BCUT2D eigenvalue weighted by Crippen LogP contribution is 2.20. The van der Waals surface area contributed by atoms with Crippen molar-refractivity contribution >= 4 is 28.3 Å². The minimum absolute atomic E-state index is 0.123. The molecular weight excluding hydrogens is 198 g/mol. The lowest BCUT2D eigenvalue weighted by atomic mass is 10.2. The molecule has 0 aliphatic rings. The second-order valence-corrected chi connectivity index (χ2v) is 3.63. The Bertz CT molecular complexity index is 487. The van der Waals surface area contributed by atoms with Gasteiger partial charge in [0.2, 0.25) is 0 Å². The van der Waals surface area contributed by atoms with Gasteiger partial charge in [-0.2, -0.15) is 0 Å². The highest BCUT2D eigenvalue weighted by Gasteiger charge is 2.06. The van der Waals surface area contributed by atoms with Crippen molar-refractivity contribution in [2.75, 3.05) is 0 Å². The molecule has 0 saturated heterocycles. The molecule has 0 radical (unpaired) electrons. The molecule has 1 aromatic heterocycles. The molecule has 72 valence electrons. The zero-order chi connectivity index (χ0) is 10.1. The molecule has 0 fully saturated rings. The van der Waals surface area contributed by atoms with Gasteiger partial charge < -0.3 is 4.98 Å². The van der Waals surface area contributed by atoms with Crippen LogP contribution in [0.25, 0.3) is 10.9 Å². The van der Waals surface area contributed by atoms with Crippen LogP contribution in [-0.4, -0.2) is 10.8 Å². The van der Waals surface area contributed by atoms with Gasteiger partial charge in [0.15, 0.2) is 5.78 Å². The van der Waals surface area contributed by atoms with Crippen LogP contribution in [0.4, 0.5) is 0 Å². The maximum Gasteiger partial charge on any atom is 0.178 e. The number of hydrogen-bond donors (Lipinski definition) is 1. The number of aromatic amines is 1. The Balaban J connectivity index is 2.56. The standard InChI is InChI=1S/C11H10ClNO/c1-2-11(14)10-6-7-5-8(12)3-4-9(7)13-10/h3-6,13H,2H2,1H3. The lowest BCUT2D eigenvalue weighted by Crippen LogP contribution is -1.95. The van der Waals surface area contributed by atoms with Gasteiger partial charge in [-0.1, -0.05) is 18.5 Å². The van der Waals surface area contributed by atoms with Crippen molar-refractivity contribution in [3.8, 4) is 0 Å². The van der Waals surface area contributed by atoms with E-state index in [1.165, 1.54) is 0 Å². The van der Waals surface area contributed by atoms with Crippen LogP contribution in [0.1, 0.15) is 23.8 Å². The molecule has 1 aromatic carbocycles. The van der Waals surface area contributed by atoms with Crippen molar-refractivity contribution in [3.05, 3.63) is 35.0 Å². The van der Waals surface area contributed by atoms with Crippen LogP contribution in [-0.2, 0) is 0 Å². The highest BCUT2D eigenvalue weighted by atomic mass is 35.5. The molecule has 0 unspecified atom stereocenters. The Morgan fingerprint density at radius 2 is 2.21 bits per heavy atom. The Morgan fingerprint density at radius 3 is 2.93 bits per heavy atom. The quantitative estimate of drug-likeness (QED) is 0.753. The number of Topliss-reactive ketones (excluding diaryl/α,β-unsaturated/α-hetero) is 1. The summed E-state index contributed by atoms with van der Waals surface area (Å²) in [5, 5.41) is 1.67. The van der Waals surface area contributed by atoms with Gasteiger partial charge in [0.1, 0.15) is 0 Å². The number of carbonyl (C=O) groups is 1. The molecule has 14 heavy (non-hydrogen) atoms. The predicted octanol–water partition coefficient (Wildman–Crippen LogP) is 3.41. The Labute approximate surface area is 86.9 Å². The van der Waals surface area contributed by atoms with Crippen LogP contribution in [0, 0.1) is 0 Å². The third-order valence-electron chi connectivity index (χ3n) is 2.20. The van der Waals surface area contributed by atoms with Crippen molar-refractivity contribution < 1.29 is 4.79 Å². The molecule has 0 atom stereocenters. The normalized spacial score (nSPS) is 10.7. The molecule has 1 heterocycles. The van der Waals surface area contributed by atoms with Crippen molar-refractivity contribution in [1.82, 2.24) is 4.98 Å². The molecule has 0 saturated carbocycles. The molecule has 3 heteroatoms. The van der Waals surface area contributed by atoms with Crippen LogP contribution in [0.3, 0.4) is 0 Å². The van der Waals surface area contributed by atoms with Crippen LogP contribution in [0.15, 0.2) is 24.3 Å². The Morgan fingerprint density at radius 1 is 1.43 bits per heavy atom. The minimum atomic E-state index is 0.123. The first kappa shape index (κ1) is 9.28. The summed E-state index contributed by atoms with van der Waals surface area (Å²) in [5.41, 5.74) is 1.61. The van der Waals surface area contributed by atoms with E-state index in [1.807, 2.05) is 25.1 Å². The second kappa shape index (κ2) is 3.46. The first-order valence-corrected chi connectivity index (χ1v) is 4.90. The largest absolute Gasteiger partial charge is 0.352 e. The fraction of sp³-hybridized carbons (Fsp3) is 0.182. The highest BCUT2D eigenvalue weighted by molar-refractivity contribution is 6.31. The van der Waals surface area contributed by atoms with E-state index in [4.69, 9.17) is 11.6 Å². The van der Waals surface area contributed by atoms with E-state index in [1.54, 1.807) is 6.07 Å². The fourth-order valence-electron chi connectivity index (χ4n) is 1.44. The summed E-state index contributed by atoms with van der Waals surface area (Å²) < 4.78 is 0. The first-order chi connectivity index (χ1) is 6.70.